The summed E-state index contributed by atoms with van der Waals surface area (Å²) in [6.45, 7) is 2.02. The molecule has 1 aromatic heterocycles. The van der Waals surface area contributed by atoms with Crippen molar-refractivity contribution >= 4 is 11.0 Å². The first-order chi connectivity index (χ1) is 7.61. The Morgan fingerprint density at radius 2 is 1.94 bits per heavy atom. The fourth-order valence-corrected chi connectivity index (χ4v) is 1.69. The van der Waals surface area contributed by atoms with Crippen LogP contribution >= 0.6 is 0 Å². The van der Waals surface area contributed by atoms with E-state index in [0.29, 0.717) is 16.7 Å². The second-order valence-electron chi connectivity index (χ2n) is 3.85. The summed E-state index contributed by atoms with van der Waals surface area (Å²) in [6, 6.07) is 3.62. The number of hydrogen-bond donors (Lipinski definition) is 1. The van der Waals surface area contributed by atoms with Gasteiger partial charge in [0.2, 0.25) is 0 Å². The minimum Gasteiger partial charge on any atom is -0.459 e. The predicted molar refractivity (Wildman–Crippen MR) is 58.0 cm³/mol. The largest absolute Gasteiger partial charge is 0.459 e. The van der Waals surface area contributed by atoms with Gasteiger partial charge in [-0.05, 0) is 18.6 Å². The molecule has 2 nitrogen and oxygen atoms in total. The molecule has 0 amide bonds. The number of fused-ring (bicyclic) bond motifs is 1. The molecule has 0 spiro atoms. The van der Waals surface area contributed by atoms with Crippen LogP contribution in [0.1, 0.15) is 31.6 Å². The smallest absolute Gasteiger partial charge is 0.162 e. The van der Waals surface area contributed by atoms with E-state index in [9.17, 15) is 8.78 Å². The van der Waals surface area contributed by atoms with Crippen LogP contribution in [-0.2, 0) is 0 Å². The molecule has 0 aliphatic carbocycles. The van der Waals surface area contributed by atoms with Crippen molar-refractivity contribution in [3.8, 4) is 0 Å². The molecule has 1 heterocycles. The van der Waals surface area contributed by atoms with E-state index >= 15 is 0 Å². The zero-order valence-electron chi connectivity index (χ0n) is 8.97. The number of hydrogen-bond acceptors (Lipinski definition) is 2. The van der Waals surface area contributed by atoms with E-state index in [4.69, 9.17) is 10.2 Å². The predicted octanol–water partition coefficient (Wildman–Crippen LogP) is 3.51. The first-order valence-electron chi connectivity index (χ1n) is 5.26. The van der Waals surface area contributed by atoms with Crippen LogP contribution in [-0.4, -0.2) is 0 Å². The summed E-state index contributed by atoms with van der Waals surface area (Å²) >= 11 is 0. The van der Waals surface area contributed by atoms with Crippen molar-refractivity contribution < 1.29 is 13.2 Å². The minimum absolute atomic E-state index is 0.219. The van der Waals surface area contributed by atoms with Crippen LogP contribution in [0, 0.1) is 11.6 Å². The van der Waals surface area contributed by atoms with Crippen LogP contribution < -0.4 is 5.73 Å². The highest BCUT2D eigenvalue weighted by Gasteiger charge is 2.13. The molecule has 0 aliphatic rings. The molecule has 4 heteroatoms. The van der Waals surface area contributed by atoms with Crippen molar-refractivity contribution in [1.82, 2.24) is 0 Å². The van der Waals surface area contributed by atoms with Gasteiger partial charge in [-0.3, -0.25) is 0 Å². The number of halogens is 2. The zero-order valence-corrected chi connectivity index (χ0v) is 8.97. The number of rotatable bonds is 3. The Hall–Kier alpha value is -1.42. The van der Waals surface area contributed by atoms with Crippen LogP contribution in [0.25, 0.3) is 11.0 Å². The minimum atomic E-state index is -0.905. The second-order valence-corrected chi connectivity index (χ2v) is 3.85. The maximum Gasteiger partial charge on any atom is 0.162 e. The average molecular weight is 225 g/mol. The number of benzene rings is 1. The maximum absolute atomic E-state index is 13.0. The fourth-order valence-electron chi connectivity index (χ4n) is 1.69. The molecule has 0 aliphatic heterocycles. The Kier molecular flexibility index (Phi) is 2.92. The average Bonchev–Trinajstić information content (AvgIpc) is 2.62. The van der Waals surface area contributed by atoms with E-state index in [2.05, 4.69) is 0 Å². The molecule has 0 unspecified atom stereocenters. The molecule has 2 rings (SSSR count). The van der Waals surface area contributed by atoms with Gasteiger partial charge in [-0.25, -0.2) is 8.78 Å². The van der Waals surface area contributed by atoms with Crippen molar-refractivity contribution in [2.45, 2.75) is 25.8 Å². The molecule has 2 N–H and O–H groups in total. The molecule has 2 aromatic rings. The van der Waals surface area contributed by atoms with Gasteiger partial charge in [0.1, 0.15) is 11.3 Å². The Balaban J connectivity index is 2.43. The zero-order chi connectivity index (χ0) is 11.7. The van der Waals surface area contributed by atoms with Crippen molar-refractivity contribution in [3.05, 3.63) is 35.6 Å². The summed E-state index contributed by atoms with van der Waals surface area (Å²) < 4.78 is 31.3. The summed E-state index contributed by atoms with van der Waals surface area (Å²) in [5, 5.41) is 0.542. The number of furan rings is 1. The summed E-state index contributed by atoms with van der Waals surface area (Å²) in [4.78, 5) is 0. The molecule has 0 saturated carbocycles. The summed E-state index contributed by atoms with van der Waals surface area (Å²) in [5.41, 5.74) is 6.20. The van der Waals surface area contributed by atoms with E-state index in [-0.39, 0.29) is 6.04 Å². The number of nitrogens with two attached hydrogens (primary N) is 1. The lowest BCUT2D eigenvalue weighted by atomic mass is 10.1. The third-order valence-corrected chi connectivity index (χ3v) is 2.54. The molecule has 1 atom stereocenters. The van der Waals surface area contributed by atoms with E-state index in [1.54, 1.807) is 6.07 Å². The highest BCUT2D eigenvalue weighted by atomic mass is 19.2. The highest BCUT2D eigenvalue weighted by molar-refractivity contribution is 5.78. The Bertz CT molecular complexity index is 468. The van der Waals surface area contributed by atoms with Crippen LogP contribution in [0.3, 0.4) is 0 Å². The van der Waals surface area contributed by atoms with Gasteiger partial charge >= 0.3 is 0 Å². The normalized spacial score (nSPS) is 13.2. The van der Waals surface area contributed by atoms with Gasteiger partial charge < -0.3 is 10.2 Å². The Morgan fingerprint density at radius 3 is 2.62 bits per heavy atom. The molecule has 0 bridgehead atoms. The fraction of sp³-hybridized carbons (Fsp3) is 0.333. The van der Waals surface area contributed by atoms with E-state index < -0.39 is 11.6 Å². The van der Waals surface area contributed by atoms with Crippen molar-refractivity contribution in [2.75, 3.05) is 0 Å². The van der Waals surface area contributed by atoms with Gasteiger partial charge in [0.15, 0.2) is 11.6 Å². The molecule has 1 aromatic carbocycles. The topological polar surface area (TPSA) is 39.2 Å². The summed E-state index contributed by atoms with van der Waals surface area (Å²) in [7, 11) is 0. The monoisotopic (exact) mass is 225 g/mol. The summed E-state index contributed by atoms with van der Waals surface area (Å²) in [5.74, 6) is -1.21. The molecule has 0 radical (unpaired) electrons. The molecule has 16 heavy (non-hydrogen) atoms. The third kappa shape index (κ3) is 1.93. The van der Waals surface area contributed by atoms with Gasteiger partial charge in [-0.15, -0.1) is 0 Å². The lowest BCUT2D eigenvalue weighted by Gasteiger charge is -2.04. The van der Waals surface area contributed by atoms with Gasteiger partial charge in [0.25, 0.3) is 0 Å². The highest BCUT2D eigenvalue weighted by Crippen LogP contribution is 2.26. The van der Waals surface area contributed by atoms with Gasteiger partial charge in [0.05, 0.1) is 6.04 Å². The van der Waals surface area contributed by atoms with Crippen LogP contribution in [0.15, 0.2) is 22.6 Å². The first-order valence-corrected chi connectivity index (χ1v) is 5.26. The van der Waals surface area contributed by atoms with E-state index in [1.165, 1.54) is 0 Å². The third-order valence-electron chi connectivity index (χ3n) is 2.54. The first kappa shape index (κ1) is 11.1. The van der Waals surface area contributed by atoms with Gasteiger partial charge in [-0.2, -0.15) is 0 Å². The standard InChI is InChI=1S/C12H13F2NO/c1-2-3-10(15)12-5-7-4-8(13)9(14)6-11(7)16-12/h4-6,10H,2-3,15H2,1H3/t10-/m0/s1. The summed E-state index contributed by atoms with van der Waals surface area (Å²) in [6.07, 6.45) is 1.71. The molecule has 0 fully saturated rings. The van der Waals surface area contributed by atoms with Crippen LogP contribution in [0.2, 0.25) is 0 Å². The molecular formula is C12H13F2NO. The van der Waals surface area contributed by atoms with Crippen molar-refractivity contribution in [1.29, 1.82) is 0 Å². The van der Waals surface area contributed by atoms with E-state index in [0.717, 1.165) is 25.0 Å². The van der Waals surface area contributed by atoms with Crippen molar-refractivity contribution in [3.63, 3.8) is 0 Å². The lowest BCUT2D eigenvalue weighted by molar-refractivity contribution is 0.470. The quantitative estimate of drug-likeness (QED) is 0.868. The Morgan fingerprint density at radius 1 is 1.25 bits per heavy atom. The SMILES string of the molecule is CCC[C@H](N)c1cc2cc(F)c(F)cc2o1. The van der Waals surface area contributed by atoms with Crippen molar-refractivity contribution in [2.24, 2.45) is 5.73 Å². The lowest BCUT2D eigenvalue weighted by Crippen LogP contribution is -2.08. The van der Waals surface area contributed by atoms with Gasteiger partial charge in [-0.1, -0.05) is 13.3 Å². The molecule has 86 valence electrons. The second kappa shape index (κ2) is 4.22. The Labute approximate surface area is 92.0 Å². The molecular weight excluding hydrogens is 212 g/mol. The van der Waals surface area contributed by atoms with Gasteiger partial charge in [0, 0.05) is 11.5 Å². The van der Waals surface area contributed by atoms with E-state index in [1.807, 2.05) is 6.92 Å². The van der Waals surface area contributed by atoms with Crippen LogP contribution in [0.4, 0.5) is 8.78 Å². The van der Waals surface area contributed by atoms with Crippen LogP contribution in [0.5, 0.6) is 0 Å². The molecule has 0 saturated heterocycles. The maximum atomic E-state index is 13.0.